The highest BCUT2D eigenvalue weighted by Gasteiger charge is 2.40. The molecule has 2 aliphatic rings. The fraction of sp³-hybridized carbons (Fsp3) is 0.704. The van der Waals surface area contributed by atoms with Crippen LogP contribution in [0.3, 0.4) is 0 Å². The summed E-state index contributed by atoms with van der Waals surface area (Å²) in [5.74, 6) is -2.30. The van der Waals surface area contributed by atoms with Gasteiger partial charge in [-0.2, -0.15) is 5.01 Å². The van der Waals surface area contributed by atoms with Crippen molar-refractivity contribution in [2.45, 2.75) is 290 Å². The minimum absolute atomic E-state index is 0.0679. The zero-order valence-electron chi connectivity index (χ0n) is 52.3. The number of carbonyl (C=O) groups excluding carboxylic acids is 5. The van der Waals surface area contributed by atoms with E-state index in [2.05, 4.69) is 26.2 Å². The Balaban J connectivity index is 1.25. The summed E-state index contributed by atoms with van der Waals surface area (Å²) < 4.78 is 19.8. The van der Waals surface area contributed by atoms with E-state index in [0.29, 0.717) is 42.1 Å². The second kappa shape index (κ2) is 41.9. The Kier molecular flexibility index (Phi) is 34.8. The third kappa shape index (κ3) is 23.8. The number of amides is 5. The van der Waals surface area contributed by atoms with Crippen molar-refractivity contribution >= 4 is 40.3 Å². The van der Waals surface area contributed by atoms with Crippen molar-refractivity contribution < 1.29 is 43.3 Å². The topological polar surface area (TPSA) is 152 Å². The first-order valence-corrected chi connectivity index (χ1v) is 34.1. The molecule has 0 spiro atoms. The molecule has 0 saturated carbocycles. The van der Waals surface area contributed by atoms with E-state index in [1.807, 2.05) is 0 Å². The summed E-state index contributed by atoms with van der Waals surface area (Å²) in [6.45, 7) is 7.52. The minimum Gasteiger partial charge on any atom is -0.490 e. The van der Waals surface area contributed by atoms with E-state index in [1.54, 1.807) is 12.1 Å². The zero-order valence-corrected chi connectivity index (χ0v) is 52.3. The average molecular weight is 1150 g/mol. The molecule has 2 heterocycles. The number of nitrogens with one attached hydrogen (secondary N) is 1. The first kappa shape index (κ1) is 68.8. The number of carbonyl (C=O) groups is 5. The van der Waals surface area contributed by atoms with Gasteiger partial charge in [-0.05, 0) is 55.7 Å². The Morgan fingerprint density at radius 1 is 0.386 bits per heavy atom. The van der Waals surface area contributed by atoms with Gasteiger partial charge in [-0.3, -0.25) is 34.3 Å². The smallest absolute Gasteiger partial charge is 0.280 e. The van der Waals surface area contributed by atoms with Crippen LogP contribution in [0.4, 0.5) is 0 Å². The van der Waals surface area contributed by atoms with Crippen LogP contribution in [0.15, 0.2) is 36.4 Å². The van der Waals surface area contributed by atoms with Crippen molar-refractivity contribution in [1.29, 1.82) is 0 Å². The Morgan fingerprint density at radius 3 is 0.940 bits per heavy atom. The van der Waals surface area contributed by atoms with E-state index in [4.69, 9.17) is 14.2 Å². The Hall–Kier alpha value is -4.97. The number of benzene rings is 3. The lowest BCUT2D eigenvalue weighted by atomic mass is 9.86. The number of hydrazine groups is 1. The van der Waals surface area contributed by atoms with E-state index < -0.39 is 36.1 Å². The minimum atomic E-state index is -0.797. The largest absolute Gasteiger partial charge is 0.490 e. The highest BCUT2D eigenvalue weighted by Crippen LogP contribution is 2.41. The number of ether oxygens (including phenoxy) is 3. The lowest BCUT2D eigenvalue weighted by molar-refractivity contribution is 0.0476. The van der Waals surface area contributed by atoms with Gasteiger partial charge in [-0.1, -0.05) is 271 Å². The van der Waals surface area contributed by atoms with Crippen molar-refractivity contribution in [1.82, 2.24) is 15.3 Å². The molecule has 3 aromatic rings. The standard InChI is InChI=1S/C71H111N3O9/c1-4-7-10-13-16-19-22-25-28-31-34-37-40-43-52-81-62-55-57(67(76)72-74-70(79)60-48-46-58-64-59(47-49-61(65(60)64)71(74)80)69(78)73(50-51-75)68(58)77)56-63(82-53-44-41-38-35-32-29-26-23-20-17-14-11-8-5-2)66(62)83-54-45-42-39-36-33-30-27-24-21-18-15-12-9-6-3/h46-49,55-56,75H,4-45,50-54H2,1-3H3,(H,72,76). The monoisotopic (exact) mass is 1150 g/mol. The number of aliphatic hydroxyl groups excluding tert-OH is 1. The molecule has 0 aromatic heterocycles. The van der Waals surface area contributed by atoms with Crippen LogP contribution in [-0.2, 0) is 0 Å². The zero-order chi connectivity index (χ0) is 59.1. The molecule has 0 bridgehead atoms. The first-order chi connectivity index (χ1) is 40.8. The lowest BCUT2D eigenvalue weighted by Gasteiger charge is -2.31. The summed E-state index contributed by atoms with van der Waals surface area (Å²) in [5.41, 5.74) is 3.19. The molecular weight excluding hydrogens is 1040 g/mol. The van der Waals surface area contributed by atoms with Crippen molar-refractivity contribution in [2.24, 2.45) is 0 Å². The molecule has 83 heavy (non-hydrogen) atoms. The quantitative estimate of drug-likeness (QED) is 0.0416. The molecule has 5 rings (SSSR count). The maximum absolute atomic E-state index is 14.5. The first-order valence-electron chi connectivity index (χ1n) is 34.1. The summed E-state index contributed by atoms with van der Waals surface area (Å²) in [5, 5.41) is 10.7. The van der Waals surface area contributed by atoms with Gasteiger partial charge in [0.05, 0.1) is 44.1 Å². The SMILES string of the molecule is CCCCCCCCCCCCCCCCOc1cc(C(=O)NN2C(=O)c3ccc4c5c(ccc(c35)C2=O)C(=O)N(CCO)C4=O)cc(OCCCCCCCCCCCCCCCC)c1OCCCCCCCCCCCCCCCC. The Bertz CT molecular complexity index is 2240. The van der Waals surface area contributed by atoms with Crippen LogP contribution < -0.4 is 19.6 Å². The van der Waals surface area contributed by atoms with Gasteiger partial charge in [0, 0.05) is 27.5 Å². The second-order valence-electron chi connectivity index (χ2n) is 24.1. The van der Waals surface area contributed by atoms with Crippen LogP contribution in [0, 0.1) is 0 Å². The van der Waals surface area contributed by atoms with Crippen LogP contribution in [0.5, 0.6) is 17.2 Å². The molecular formula is C71H111N3O9. The number of unbranched alkanes of at least 4 members (excludes halogenated alkanes) is 39. The summed E-state index contributed by atoms with van der Waals surface area (Å²) in [6, 6.07) is 9.07. The van der Waals surface area contributed by atoms with Crippen molar-refractivity contribution in [2.75, 3.05) is 33.0 Å². The van der Waals surface area contributed by atoms with Crippen LogP contribution in [0.2, 0.25) is 0 Å². The fourth-order valence-corrected chi connectivity index (χ4v) is 12.0. The molecule has 0 aliphatic carbocycles. The molecule has 5 amide bonds. The molecule has 12 nitrogen and oxygen atoms in total. The Labute approximate surface area is 501 Å². The Morgan fingerprint density at radius 2 is 0.651 bits per heavy atom. The number of rotatable bonds is 52. The summed E-state index contributed by atoms with van der Waals surface area (Å²) >= 11 is 0. The van der Waals surface area contributed by atoms with Crippen molar-refractivity contribution in [3.05, 3.63) is 64.2 Å². The van der Waals surface area contributed by atoms with Gasteiger partial charge in [0.15, 0.2) is 11.5 Å². The second-order valence-corrected chi connectivity index (χ2v) is 24.1. The maximum atomic E-state index is 14.5. The molecule has 0 fully saturated rings. The van der Waals surface area contributed by atoms with Gasteiger partial charge in [0.2, 0.25) is 5.75 Å². The summed E-state index contributed by atoms with van der Waals surface area (Å²) in [7, 11) is 0. The average Bonchev–Trinajstić information content (AvgIpc) is 1.44. The molecule has 12 heteroatoms. The van der Waals surface area contributed by atoms with Gasteiger partial charge < -0.3 is 19.3 Å². The summed E-state index contributed by atoms with van der Waals surface area (Å²) in [4.78, 5) is 71.0. The predicted molar refractivity (Wildman–Crippen MR) is 338 cm³/mol. The number of nitrogens with zero attached hydrogens (tertiary/aromatic N) is 2. The van der Waals surface area contributed by atoms with E-state index in [0.717, 1.165) is 62.7 Å². The predicted octanol–water partition coefficient (Wildman–Crippen LogP) is 18.9. The van der Waals surface area contributed by atoms with E-state index >= 15 is 0 Å². The van der Waals surface area contributed by atoms with Gasteiger partial charge in [0.1, 0.15) is 0 Å². The van der Waals surface area contributed by atoms with Crippen molar-refractivity contribution in [3.8, 4) is 17.2 Å². The molecule has 2 aliphatic heterocycles. The van der Waals surface area contributed by atoms with Gasteiger partial charge in [0.25, 0.3) is 29.5 Å². The van der Waals surface area contributed by atoms with Gasteiger partial charge >= 0.3 is 0 Å². The third-order valence-corrected chi connectivity index (χ3v) is 17.1. The number of β-amino-alcohol motifs (C(OH)–C–C–N with tert-alkyl or cyclic N) is 1. The molecule has 464 valence electrons. The third-order valence-electron chi connectivity index (χ3n) is 17.1. The number of hydrogen-bond acceptors (Lipinski definition) is 9. The number of imide groups is 2. The maximum Gasteiger partial charge on any atom is 0.280 e. The highest BCUT2D eigenvalue weighted by molar-refractivity contribution is 6.33. The molecule has 3 aromatic carbocycles. The lowest BCUT2D eigenvalue weighted by Crippen LogP contribution is -2.52. The molecule has 2 N–H and O–H groups in total. The van der Waals surface area contributed by atoms with E-state index in [-0.39, 0.29) is 45.1 Å². The van der Waals surface area contributed by atoms with E-state index in [9.17, 15) is 29.1 Å². The highest BCUT2D eigenvalue weighted by atomic mass is 16.5. The molecule has 0 unspecified atom stereocenters. The van der Waals surface area contributed by atoms with Gasteiger partial charge in [-0.15, -0.1) is 0 Å². The normalized spacial score (nSPS) is 13.0. The van der Waals surface area contributed by atoms with E-state index in [1.165, 1.54) is 236 Å². The fourth-order valence-electron chi connectivity index (χ4n) is 12.0. The molecule has 0 saturated heterocycles. The number of aliphatic hydroxyl groups is 1. The molecule has 0 atom stereocenters. The van der Waals surface area contributed by atoms with Crippen molar-refractivity contribution in [3.63, 3.8) is 0 Å². The van der Waals surface area contributed by atoms with Crippen LogP contribution in [-0.4, -0.2) is 77.5 Å². The van der Waals surface area contributed by atoms with Crippen LogP contribution in [0.25, 0.3) is 10.8 Å². The number of hydrogen-bond donors (Lipinski definition) is 2. The van der Waals surface area contributed by atoms with Gasteiger partial charge in [-0.25, -0.2) is 0 Å². The molecule has 0 radical (unpaired) electrons. The summed E-state index contributed by atoms with van der Waals surface area (Å²) in [6.07, 6.45) is 52.6. The van der Waals surface area contributed by atoms with Crippen LogP contribution >= 0.6 is 0 Å². The van der Waals surface area contributed by atoms with Crippen LogP contribution in [0.1, 0.15) is 342 Å².